The van der Waals surface area contributed by atoms with Crippen LogP contribution in [0, 0.1) is 0 Å². The lowest BCUT2D eigenvalue weighted by molar-refractivity contribution is -0.166. The van der Waals surface area contributed by atoms with Crippen molar-refractivity contribution in [3.8, 4) is 11.1 Å². The smallest absolute Gasteiger partial charge is 0.407 e. The highest BCUT2D eigenvalue weighted by atomic mass is 16.6. The summed E-state index contributed by atoms with van der Waals surface area (Å²) in [5, 5.41) is 12.3. The first kappa shape index (κ1) is 28.8. The molecule has 3 atom stereocenters. The van der Waals surface area contributed by atoms with Crippen LogP contribution >= 0.6 is 0 Å². The number of benzene rings is 3. The van der Waals surface area contributed by atoms with Crippen LogP contribution in [0.15, 0.2) is 78.9 Å². The van der Waals surface area contributed by atoms with E-state index in [0.29, 0.717) is 0 Å². The van der Waals surface area contributed by atoms with Crippen LogP contribution in [0.1, 0.15) is 36.0 Å². The van der Waals surface area contributed by atoms with Gasteiger partial charge in [0.2, 0.25) is 5.91 Å². The van der Waals surface area contributed by atoms with Gasteiger partial charge in [0.05, 0.1) is 19.1 Å². The fourth-order valence-electron chi connectivity index (χ4n) is 5.55. The summed E-state index contributed by atoms with van der Waals surface area (Å²) in [6.07, 6.45) is -2.19. The van der Waals surface area contributed by atoms with E-state index in [4.69, 9.17) is 14.2 Å². The third-order valence-electron chi connectivity index (χ3n) is 7.58. The first-order chi connectivity index (χ1) is 20.3. The lowest BCUT2D eigenvalue weighted by atomic mass is 9.98. The summed E-state index contributed by atoms with van der Waals surface area (Å²) in [4.78, 5) is 52.6. The van der Waals surface area contributed by atoms with Crippen molar-refractivity contribution in [1.29, 1.82) is 0 Å². The van der Waals surface area contributed by atoms with Crippen LogP contribution in [-0.2, 0) is 35.2 Å². The van der Waals surface area contributed by atoms with Crippen LogP contribution in [0.3, 0.4) is 0 Å². The fraction of sp³-hybridized carbons (Fsp3) is 0.312. The molecule has 10 nitrogen and oxygen atoms in total. The number of fused-ring (bicyclic) bond motifs is 3. The van der Waals surface area contributed by atoms with Gasteiger partial charge in [-0.05, 0) is 34.7 Å². The summed E-state index contributed by atoms with van der Waals surface area (Å²) in [6, 6.07) is 22.1. The molecule has 10 heteroatoms. The van der Waals surface area contributed by atoms with Crippen LogP contribution in [0.25, 0.3) is 11.1 Å². The average Bonchev–Trinajstić information content (AvgIpc) is 3.32. The van der Waals surface area contributed by atoms with Crippen LogP contribution in [0.4, 0.5) is 4.79 Å². The van der Waals surface area contributed by atoms with Gasteiger partial charge in [0.1, 0.15) is 19.3 Å². The Morgan fingerprint density at radius 2 is 1.55 bits per heavy atom. The van der Waals surface area contributed by atoms with Crippen LogP contribution in [0.2, 0.25) is 0 Å². The van der Waals surface area contributed by atoms with E-state index in [0.717, 1.165) is 32.7 Å². The molecule has 0 spiro atoms. The van der Waals surface area contributed by atoms with E-state index in [2.05, 4.69) is 5.32 Å². The molecule has 0 aromatic heterocycles. The lowest BCUT2D eigenvalue weighted by Crippen LogP contribution is -2.61. The van der Waals surface area contributed by atoms with Crippen molar-refractivity contribution in [3.05, 3.63) is 95.6 Å². The summed E-state index contributed by atoms with van der Waals surface area (Å²) in [7, 11) is 0. The molecular formula is C32H32N2O8. The first-order valence-corrected chi connectivity index (χ1v) is 13.8. The van der Waals surface area contributed by atoms with Crippen LogP contribution < -0.4 is 5.32 Å². The van der Waals surface area contributed by atoms with Crippen LogP contribution in [-0.4, -0.2) is 71.9 Å². The number of alkyl carbamates (subject to hydrolysis) is 1. The number of carboxylic acid groups (broad SMARTS) is 1. The number of carboxylic acids is 1. The molecule has 1 heterocycles. The third-order valence-corrected chi connectivity index (χ3v) is 7.58. The van der Waals surface area contributed by atoms with Gasteiger partial charge in [-0.2, -0.15) is 0 Å². The van der Waals surface area contributed by atoms with Gasteiger partial charge in [-0.1, -0.05) is 78.9 Å². The molecule has 0 radical (unpaired) electrons. The first-order valence-electron chi connectivity index (χ1n) is 13.8. The number of rotatable bonds is 9. The van der Waals surface area contributed by atoms with Crippen molar-refractivity contribution in [1.82, 2.24) is 10.2 Å². The molecule has 2 N–H and O–H groups in total. The summed E-state index contributed by atoms with van der Waals surface area (Å²) >= 11 is 0. The average molecular weight is 573 g/mol. The zero-order valence-electron chi connectivity index (χ0n) is 23.1. The van der Waals surface area contributed by atoms with Gasteiger partial charge in [-0.15, -0.1) is 0 Å². The van der Waals surface area contributed by atoms with Crippen molar-refractivity contribution in [2.75, 3.05) is 19.8 Å². The molecule has 2 unspecified atom stereocenters. The number of nitrogens with one attached hydrogen (secondary N) is 1. The van der Waals surface area contributed by atoms with E-state index in [1.165, 1.54) is 0 Å². The van der Waals surface area contributed by atoms with E-state index in [-0.39, 0.29) is 32.3 Å². The Labute approximate surface area is 243 Å². The predicted octanol–water partition coefficient (Wildman–Crippen LogP) is 3.73. The number of carbonyl (C=O) groups excluding carboxylic acids is 3. The highest BCUT2D eigenvalue weighted by Crippen LogP contribution is 2.44. The topological polar surface area (TPSA) is 131 Å². The van der Waals surface area contributed by atoms with E-state index in [1.807, 2.05) is 54.6 Å². The molecule has 1 saturated heterocycles. The monoisotopic (exact) mass is 572 g/mol. The largest absolute Gasteiger partial charge is 0.480 e. The number of esters is 1. The van der Waals surface area contributed by atoms with Gasteiger partial charge in [-0.25, -0.2) is 9.59 Å². The molecule has 1 fully saturated rings. The molecule has 0 saturated carbocycles. The second-order valence-electron chi connectivity index (χ2n) is 10.3. The van der Waals surface area contributed by atoms with Crippen molar-refractivity contribution >= 4 is 23.9 Å². The number of aliphatic carboxylic acids is 1. The number of hydrogen-bond acceptors (Lipinski definition) is 7. The summed E-state index contributed by atoms with van der Waals surface area (Å²) in [5.74, 6) is -2.92. The Hall–Kier alpha value is -4.70. The number of hydrogen-bond donors (Lipinski definition) is 2. The molecule has 5 rings (SSSR count). The standard InChI is InChI=1S/C32H32N2O8/c1-20-29(31(37)38)34(15-16-40-20)30(36)27(17-28(35)41-18-21-9-3-2-4-10-21)33-32(39)42-19-26-24-13-7-5-11-22(24)23-12-6-8-14-25(23)26/h2-14,20,26-27,29H,15-19H2,1H3,(H,33,39)(H,37,38)/t20?,27-,29?/m0/s1. The van der Waals surface area contributed by atoms with Crippen molar-refractivity contribution in [3.63, 3.8) is 0 Å². The zero-order chi connectivity index (χ0) is 29.6. The highest BCUT2D eigenvalue weighted by molar-refractivity contribution is 5.92. The SMILES string of the molecule is CC1OCCN(C(=O)[C@H](CC(=O)OCc2ccccc2)NC(=O)OCC2c3ccccc3-c3ccccc32)C1C(=O)O. The maximum atomic E-state index is 13.6. The molecule has 3 aromatic rings. The predicted molar refractivity (Wildman–Crippen MR) is 151 cm³/mol. The number of nitrogens with zero attached hydrogens (tertiary/aromatic N) is 1. The van der Waals surface area contributed by atoms with Gasteiger partial charge in [0.25, 0.3) is 0 Å². The normalized spacial score (nSPS) is 18.4. The Kier molecular flexibility index (Phi) is 8.83. The number of morpholine rings is 1. The molecule has 0 bridgehead atoms. The summed E-state index contributed by atoms with van der Waals surface area (Å²) < 4.78 is 16.4. The Bertz CT molecular complexity index is 1410. The molecule has 2 amide bonds. The zero-order valence-corrected chi connectivity index (χ0v) is 23.1. The van der Waals surface area contributed by atoms with Crippen molar-refractivity contribution < 1.29 is 38.5 Å². The molecule has 2 aliphatic rings. The maximum Gasteiger partial charge on any atom is 0.407 e. The van der Waals surface area contributed by atoms with Gasteiger partial charge in [0.15, 0.2) is 6.04 Å². The van der Waals surface area contributed by atoms with E-state index in [1.54, 1.807) is 31.2 Å². The Morgan fingerprint density at radius 1 is 0.929 bits per heavy atom. The minimum Gasteiger partial charge on any atom is -0.480 e. The third kappa shape index (κ3) is 6.28. The Balaban J connectivity index is 1.29. The minimum absolute atomic E-state index is 0.00552. The molecular weight excluding hydrogens is 540 g/mol. The maximum absolute atomic E-state index is 13.6. The lowest BCUT2D eigenvalue weighted by Gasteiger charge is -2.38. The fourth-order valence-corrected chi connectivity index (χ4v) is 5.55. The molecule has 1 aliphatic carbocycles. The van der Waals surface area contributed by atoms with Gasteiger partial charge in [-0.3, -0.25) is 9.59 Å². The van der Waals surface area contributed by atoms with Gasteiger partial charge < -0.3 is 29.5 Å². The number of carbonyl (C=O) groups is 4. The van der Waals surface area contributed by atoms with Crippen molar-refractivity contribution in [2.24, 2.45) is 0 Å². The summed E-state index contributed by atoms with van der Waals surface area (Å²) in [6.45, 7) is 1.65. The molecule has 3 aromatic carbocycles. The highest BCUT2D eigenvalue weighted by Gasteiger charge is 2.41. The number of amides is 2. The number of ether oxygens (including phenoxy) is 3. The van der Waals surface area contributed by atoms with Gasteiger partial charge in [0, 0.05) is 12.5 Å². The van der Waals surface area contributed by atoms with E-state index >= 15 is 0 Å². The minimum atomic E-state index is -1.41. The molecule has 1 aliphatic heterocycles. The molecule has 42 heavy (non-hydrogen) atoms. The van der Waals surface area contributed by atoms with Crippen molar-refractivity contribution in [2.45, 2.75) is 44.1 Å². The van der Waals surface area contributed by atoms with E-state index < -0.39 is 48.5 Å². The second kappa shape index (κ2) is 12.9. The van der Waals surface area contributed by atoms with Gasteiger partial charge >= 0.3 is 18.0 Å². The quantitative estimate of drug-likeness (QED) is 0.371. The second-order valence-corrected chi connectivity index (χ2v) is 10.3. The Morgan fingerprint density at radius 3 is 2.19 bits per heavy atom. The molecule has 218 valence electrons. The van der Waals surface area contributed by atoms with E-state index in [9.17, 15) is 24.3 Å². The summed E-state index contributed by atoms with van der Waals surface area (Å²) in [5.41, 5.74) is 4.94. The van der Waals surface area contributed by atoms with Crippen LogP contribution in [0.5, 0.6) is 0 Å².